The van der Waals surface area contributed by atoms with Gasteiger partial charge in [-0.3, -0.25) is 0 Å². The fourth-order valence-corrected chi connectivity index (χ4v) is 4.23. The maximum absolute atomic E-state index is 5.91. The largest absolute Gasteiger partial charge is 0.489 e. The third kappa shape index (κ3) is 3.52. The molecular weight excluding hydrogens is 368 g/mol. The van der Waals surface area contributed by atoms with Crippen molar-refractivity contribution in [1.82, 2.24) is 4.57 Å². The summed E-state index contributed by atoms with van der Waals surface area (Å²) in [5.41, 5.74) is 7.71. The Hall–Kier alpha value is -3.33. The van der Waals surface area contributed by atoms with Crippen LogP contribution in [0.25, 0.3) is 16.6 Å². The van der Waals surface area contributed by atoms with Gasteiger partial charge >= 0.3 is 0 Å². The van der Waals surface area contributed by atoms with Gasteiger partial charge in [-0.25, -0.2) is 9.13 Å². The molecule has 0 unspecified atom stereocenters. The molecule has 0 saturated carbocycles. The lowest BCUT2D eigenvalue weighted by molar-refractivity contribution is -0.663. The molecule has 1 aliphatic heterocycles. The third-order valence-electron chi connectivity index (χ3n) is 5.90. The van der Waals surface area contributed by atoms with Crippen molar-refractivity contribution in [1.29, 1.82) is 0 Å². The number of fused-ring (bicyclic) bond motifs is 2. The monoisotopic (exact) mass is 395 g/mol. The summed E-state index contributed by atoms with van der Waals surface area (Å²) in [6.45, 7) is 6.80. The van der Waals surface area contributed by atoms with E-state index in [1.54, 1.807) is 0 Å². The number of nitrogens with zero attached hydrogens (tertiary/aromatic N) is 2. The van der Waals surface area contributed by atoms with Gasteiger partial charge in [-0.1, -0.05) is 62.4 Å². The predicted octanol–water partition coefficient (Wildman–Crippen LogP) is 5.58. The Labute approximate surface area is 177 Å². The highest BCUT2D eigenvalue weighted by molar-refractivity contribution is 5.76. The molecule has 0 radical (unpaired) electrons. The van der Waals surface area contributed by atoms with Gasteiger partial charge in [-0.05, 0) is 47.4 Å². The zero-order valence-electron chi connectivity index (χ0n) is 17.6. The van der Waals surface area contributed by atoms with Gasteiger partial charge in [0.05, 0.1) is 0 Å². The fourth-order valence-electron chi connectivity index (χ4n) is 4.23. The summed E-state index contributed by atoms with van der Waals surface area (Å²) in [7, 11) is 0. The second-order valence-electron chi connectivity index (χ2n) is 8.30. The first-order valence-electron chi connectivity index (χ1n) is 10.7. The van der Waals surface area contributed by atoms with Crippen LogP contribution in [0.4, 0.5) is 0 Å². The molecule has 0 bridgehead atoms. The smallest absolute Gasteiger partial charge is 0.245 e. The lowest BCUT2D eigenvalue weighted by Crippen LogP contribution is -2.32. The van der Waals surface area contributed by atoms with E-state index < -0.39 is 0 Å². The normalized spacial score (nSPS) is 13.2. The molecule has 3 nitrogen and oxygen atoms in total. The molecule has 4 aromatic rings. The van der Waals surface area contributed by atoms with Gasteiger partial charge in [0, 0.05) is 11.1 Å². The van der Waals surface area contributed by atoms with Gasteiger partial charge in [0.25, 0.3) is 0 Å². The second-order valence-corrected chi connectivity index (χ2v) is 8.30. The molecule has 0 atom stereocenters. The molecule has 1 aromatic heterocycles. The first kappa shape index (κ1) is 18.7. The van der Waals surface area contributed by atoms with E-state index in [4.69, 9.17) is 4.74 Å². The first-order valence-corrected chi connectivity index (χ1v) is 10.7. The Kier molecular flexibility index (Phi) is 4.88. The maximum Gasteiger partial charge on any atom is 0.245 e. The van der Waals surface area contributed by atoms with E-state index in [2.05, 4.69) is 108 Å². The summed E-state index contributed by atoms with van der Waals surface area (Å²) >= 11 is 0. The Bertz CT molecular complexity index is 1220. The van der Waals surface area contributed by atoms with Crippen LogP contribution in [0.15, 0.2) is 85.2 Å². The van der Waals surface area contributed by atoms with Crippen molar-refractivity contribution >= 4 is 16.6 Å². The number of hydrogen-bond donors (Lipinski definition) is 0. The molecule has 0 N–H and O–H groups in total. The Balaban J connectivity index is 1.52. The lowest BCUT2D eigenvalue weighted by atomic mass is 9.95. The molecule has 3 heteroatoms. The van der Waals surface area contributed by atoms with Crippen molar-refractivity contribution < 1.29 is 9.30 Å². The standard InChI is InChI=1S/C27H27N2O/c1-20(2)22-12-13-27-24(16-22)23(14-15-30-27)18-29-19-28(17-21-8-4-3-5-9-21)25-10-6-7-11-26(25)29/h3-14,16,19-20H,15,17-18H2,1-2H3/q+1. The highest BCUT2D eigenvalue weighted by Gasteiger charge is 2.21. The topological polar surface area (TPSA) is 18.0 Å². The number of hydrogen-bond acceptors (Lipinski definition) is 1. The van der Waals surface area contributed by atoms with Crippen LogP contribution in [0.3, 0.4) is 0 Å². The molecule has 150 valence electrons. The molecule has 0 saturated heterocycles. The van der Waals surface area contributed by atoms with Crippen LogP contribution in [0.2, 0.25) is 0 Å². The van der Waals surface area contributed by atoms with Gasteiger partial charge in [0.15, 0.2) is 11.0 Å². The van der Waals surface area contributed by atoms with Crippen molar-refractivity contribution in [3.05, 3.63) is 102 Å². The molecule has 2 heterocycles. The fraction of sp³-hybridized carbons (Fsp3) is 0.222. The van der Waals surface area contributed by atoms with Crippen molar-refractivity contribution in [3.63, 3.8) is 0 Å². The van der Waals surface area contributed by atoms with E-state index in [1.165, 1.54) is 33.3 Å². The Morgan fingerprint density at radius 2 is 1.77 bits per heavy atom. The zero-order valence-corrected chi connectivity index (χ0v) is 17.6. The van der Waals surface area contributed by atoms with Crippen molar-refractivity contribution in [2.75, 3.05) is 6.61 Å². The number of imidazole rings is 1. The quantitative estimate of drug-likeness (QED) is 0.404. The molecule has 1 aliphatic rings. The minimum absolute atomic E-state index is 0.499. The lowest BCUT2D eigenvalue weighted by Gasteiger charge is -2.19. The first-order chi connectivity index (χ1) is 14.7. The van der Waals surface area contributed by atoms with Gasteiger partial charge in [-0.2, -0.15) is 0 Å². The van der Waals surface area contributed by atoms with Crippen LogP contribution < -0.4 is 9.30 Å². The summed E-state index contributed by atoms with van der Waals surface area (Å²) in [6.07, 6.45) is 4.47. The van der Waals surface area contributed by atoms with Gasteiger partial charge in [0.1, 0.15) is 25.4 Å². The van der Waals surface area contributed by atoms with Crippen LogP contribution in [0, 0.1) is 0 Å². The molecule has 0 aliphatic carbocycles. The maximum atomic E-state index is 5.91. The number of aromatic nitrogens is 2. The summed E-state index contributed by atoms with van der Waals surface area (Å²) < 4.78 is 10.6. The van der Waals surface area contributed by atoms with E-state index in [0.717, 1.165) is 18.8 Å². The second kappa shape index (κ2) is 7.83. The Morgan fingerprint density at radius 1 is 0.967 bits per heavy atom. The molecule has 0 fully saturated rings. The molecule has 0 spiro atoms. The summed E-state index contributed by atoms with van der Waals surface area (Å²) in [5, 5.41) is 0. The van der Waals surface area contributed by atoms with Crippen LogP contribution in [0.1, 0.15) is 36.5 Å². The highest BCUT2D eigenvalue weighted by Crippen LogP contribution is 2.34. The summed E-state index contributed by atoms with van der Waals surface area (Å²) in [4.78, 5) is 0. The van der Waals surface area contributed by atoms with E-state index in [0.29, 0.717) is 12.5 Å². The van der Waals surface area contributed by atoms with E-state index >= 15 is 0 Å². The average molecular weight is 396 g/mol. The number of rotatable bonds is 5. The zero-order chi connectivity index (χ0) is 20.5. The highest BCUT2D eigenvalue weighted by atomic mass is 16.5. The van der Waals surface area contributed by atoms with Crippen LogP contribution in [0.5, 0.6) is 5.75 Å². The molecule has 30 heavy (non-hydrogen) atoms. The van der Waals surface area contributed by atoms with Crippen molar-refractivity contribution in [2.24, 2.45) is 0 Å². The summed E-state index contributed by atoms with van der Waals surface area (Å²) in [5.74, 6) is 1.49. The third-order valence-corrected chi connectivity index (χ3v) is 5.90. The van der Waals surface area contributed by atoms with Gasteiger partial charge < -0.3 is 4.74 Å². The minimum atomic E-state index is 0.499. The molecule has 5 rings (SSSR count). The van der Waals surface area contributed by atoms with E-state index in [1.807, 2.05) is 0 Å². The molecular formula is C27H27N2O+. The molecule has 3 aromatic carbocycles. The number of ether oxygens (including phenoxy) is 1. The number of para-hydroxylation sites is 2. The van der Waals surface area contributed by atoms with Crippen LogP contribution in [-0.4, -0.2) is 11.2 Å². The Morgan fingerprint density at radius 3 is 2.60 bits per heavy atom. The van der Waals surface area contributed by atoms with Crippen LogP contribution >= 0.6 is 0 Å². The van der Waals surface area contributed by atoms with E-state index in [9.17, 15) is 0 Å². The minimum Gasteiger partial charge on any atom is -0.489 e. The number of benzene rings is 3. The van der Waals surface area contributed by atoms with Gasteiger partial charge in [-0.15, -0.1) is 0 Å². The van der Waals surface area contributed by atoms with Gasteiger partial charge in [0.2, 0.25) is 6.33 Å². The average Bonchev–Trinajstić information content (AvgIpc) is 3.11. The molecule has 0 amide bonds. The number of allylic oxidation sites excluding steroid dienone is 1. The predicted molar refractivity (Wildman–Crippen MR) is 122 cm³/mol. The van der Waals surface area contributed by atoms with Crippen LogP contribution in [-0.2, 0) is 13.1 Å². The van der Waals surface area contributed by atoms with Crippen molar-refractivity contribution in [2.45, 2.75) is 32.9 Å². The summed E-state index contributed by atoms with van der Waals surface area (Å²) in [6, 6.07) is 25.9. The van der Waals surface area contributed by atoms with E-state index in [-0.39, 0.29) is 0 Å². The van der Waals surface area contributed by atoms with Crippen molar-refractivity contribution in [3.8, 4) is 5.75 Å². The SMILES string of the molecule is CC(C)c1ccc2c(c1)C(Cn1c[n+](Cc3ccccc3)c3ccccc31)=CCO2.